The Morgan fingerprint density at radius 3 is 2.82 bits per heavy atom. The normalized spacial score (nSPS) is 12.0. The van der Waals surface area contributed by atoms with Gasteiger partial charge in [-0.2, -0.15) is 0 Å². The summed E-state index contributed by atoms with van der Waals surface area (Å²) < 4.78 is 5.07. The second-order valence-corrected chi connectivity index (χ2v) is 6.19. The van der Waals surface area contributed by atoms with Gasteiger partial charge in [0, 0.05) is 44.4 Å². The van der Waals surface area contributed by atoms with Crippen LogP contribution in [0.25, 0.3) is 0 Å². The highest BCUT2D eigenvalue weighted by Gasteiger charge is 2.02. The maximum atomic E-state index is 5.07. The molecule has 0 aliphatic rings. The van der Waals surface area contributed by atoms with Crippen molar-refractivity contribution in [2.45, 2.75) is 26.8 Å². The Morgan fingerprint density at radius 2 is 2.18 bits per heavy atom. The lowest BCUT2D eigenvalue weighted by Crippen LogP contribution is -2.41. The van der Waals surface area contributed by atoms with Crippen LogP contribution in [0.3, 0.4) is 0 Å². The molecule has 0 atom stereocenters. The Labute approximate surface area is 138 Å². The van der Waals surface area contributed by atoms with Gasteiger partial charge in [-0.15, -0.1) is 11.3 Å². The van der Waals surface area contributed by atoms with Crippen molar-refractivity contribution in [1.29, 1.82) is 0 Å². The number of hydrogen-bond acceptors (Lipinski definition) is 5. The van der Waals surface area contributed by atoms with E-state index in [2.05, 4.69) is 46.4 Å². The Bertz CT molecular complexity index is 435. The molecule has 126 valence electrons. The van der Waals surface area contributed by atoms with Crippen molar-refractivity contribution in [3.8, 4) is 0 Å². The molecule has 0 spiro atoms. The third-order valence-corrected chi connectivity index (χ3v) is 4.26. The van der Waals surface area contributed by atoms with Gasteiger partial charge in [0.25, 0.3) is 0 Å². The van der Waals surface area contributed by atoms with Gasteiger partial charge in [0.15, 0.2) is 5.96 Å². The molecule has 0 unspecified atom stereocenters. The lowest BCUT2D eigenvalue weighted by atomic mass is 10.4. The van der Waals surface area contributed by atoms with Gasteiger partial charge in [0.2, 0.25) is 0 Å². The molecule has 0 radical (unpaired) electrons. The summed E-state index contributed by atoms with van der Waals surface area (Å²) in [6.07, 6.45) is 2.98. The number of aromatic nitrogens is 1. The van der Waals surface area contributed by atoms with Crippen LogP contribution in [0.1, 0.15) is 23.7 Å². The minimum absolute atomic E-state index is 0.625. The molecule has 0 bridgehead atoms. The number of aryl methyl sites for hydroxylation is 1. The van der Waals surface area contributed by atoms with Crippen LogP contribution < -0.4 is 10.6 Å². The van der Waals surface area contributed by atoms with E-state index in [9.17, 15) is 0 Å². The molecule has 0 aromatic carbocycles. The van der Waals surface area contributed by atoms with E-state index >= 15 is 0 Å². The third-order valence-electron chi connectivity index (χ3n) is 3.13. The zero-order chi connectivity index (χ0) is 16.2. The predicted molar refractivity (Wildman–Crippen MR) is 93.7 cm³/mol. The quantitative estimate of drug-likeness (QED) is 0.502. The second kappa shape index (κ2) is 11.4. The van der Waals surface area contributed by atoms with Crippen molar-refractivity contribution in [1.82, 2.24) is 20.5 Å². The molecule has 1 aromatic rings. The molecular weight excluding hydrogens is 298 g/mol. The van der Waals surface area contributed by atoms with Crippen molar-refractivity contribution < 1.29 is 4.74 Å². The highest BCUT2D eigenvalue weighted by molar-refractivity contribution is 7.11. The van der Waals surface area contributed by atoms with E-state index in [1.54, 1.807) is 18.4 Å². The zero-order valence-corrected chi connectivity index (χ0v) is 15.0. The summed E-state index contributed by atoms with van der Waals surface area (Å²) in [5, 5.41) is 7.68. The maximum absolute atomic E-state index is 5.07. The molecule has 0 saturated carbocycles. The maximum Gasteiger partial charge on any atom is 0.191 e. The lowest BCUT2D eigenvalue weighted by Gasteiger charge is -2.17. The van der Waals surface area contributed by atoms with Gasteiger partial charge in [0.1, 0.15) is 5.01 Å². The van der Waals surface area contributed by atoms with Gasteiger partial charge in [0.05, 0.1) is 13.2 Å². The van der Waals surface area contributed by atoms with Gasteiger partial charge < -0.3 is 20.3 Å². The molecule has 1 heterocycles. The van der Waals surface area contributed by atoms with Gasteiger partial charge in [-0.05, 0) is 20.4 Å². The molecule has 1 rings (SSSR count). The fraction of sp³-hybridized carbons (Fsp3) is 0.733. The number of nitrogens with one attached hydrogen (secondary N) is 2. The molecular formula is C15H29N5OS. The van der Waals surface area contributed by atoms with Crippen LogP contribution >= 0.6 is 11.3 Å². The van der Waals surface area contributed by atoms with E-state index < -0.39 is 0 Å². The molecule has 0 saturated heterocycles. The molecule has 22 heavy (non-hydrogen) atoms. The minimum Gasteiger partial charge on any atom is -0.383 e. The number of methoxy groups -OCH3 is 1. The first kappa shape index (κ1) is 18.9. The van der Waals surface area contributed by atoms with Gasteiger partial charge in [-0.25, -0.2) is 9.98 Å². The number of ether oxygens (including phenoxy) is 1. The summed E-state index contributed by atoms with van der Waals surface area (Å²) in [6, 6.07) is 0. The largest absolute Gasteiger partial charge is 0.383 e. The van der Waals surface area contributed by atoms with Gasteiger partial charge in [-0.1, -0.05) is 6.92 Å². The molecule has 0 fully saturated rings. The Balaban J connectivity index is 2.38. The summed E-state index contributed by atoms with van der Waals surface area (Å²) >= 11 is 1.73. The van der Waals surface area contributed by atoms with Crippen molar-refractivity contribution in [3.05, 3.63) is 16.1 Å². The monoisotopic (exact) mass is 327 g/mol. The Morgan fingerprint density at radius 1 is 1.36 bits per heavy atom. The summed E-state index contributed by atoms with van der Waals surface area (Å²) in [6.45, 7) is 9.18. The summed E-state index contributed by atoms with van der Waals surface area (Å²) in [7, 11) is 3.82. The topological polar surface area (TPSA) is 61.8 Å². The number of rotatable bonds is 10. The number of guanidine groups is 1. The van der Waals surface area contributed by atoms with Crippen molar-refractivity contribution >= 4 is 17.3 Å². The highest BCUT2D eigenvalue weighted by atomic mass is 32.1. The van der Waals surface area contributed by atoms with E-state index in [-0.39, 0.29) is 0 Å². The van der Waals surface area contributed by atoms with Crippen LogP contribution in [0.5, 0.6) is 0 Å². The van der Waals surface area contributed by atoms with E-state index in [1.165, 1.54) is 4.88 Å². The molecule has 0 amide bonds. The van der Waals surface area contributed by atoms with Crippen LogP contribution in [0.2, 0.25) is 0 Å². The molecule has 0 aliphatic heterocycles. The average Bonchev–Trinajstić information content (AvgIpc) is 2.98. The number of likely N-dealkylation sites (N-methyl/N-ethyl adjacent to an activating group) is 1. The first-order chi connectivity index (χ1) is 10.7. The van der Waals surface area contributed by atoms with E-state index in [4.69, 9.17) is 4.74 Å². The van der Waals surface area contributed by atoms with Crippen molar-refractivity contribution in [2.75, 3.05) is 46.9 Å². The van der Waals surface area contributed by atoms with Crippen LogP contribution in [0.4, 0.5) is 0 Å². The molecule has 6 nitrogen and oxygen atoms in total. The average molecular weight is 327 g/mol. The number of thiazole rings is 1. The SMILES string of the molecule is CCNC(=NCc1ncc(CC)s1)NCCN(C)CCOC. The summed E-state index contributed by atoms with van der Waals surface area (Å²) in [5.74, 6) is 0.843. The van der Waals surface area contributed by atoms with E-state index in [1.807, 2.05) is 6.20 Å². The highest BCUT2D eigenvalue weighted by Crippen LogP contribution is 2.13. The number of aliphatic imine (C=N–C) groups is 1. The van der Waals surface area contributed by atoms with Crippen molar-refractivity contribution in [2.24, 2.45) is 4.99 Å². The van der Waals surface area contributed by atoms with E-state index in [0.717, 1.165) is 50.2 Å². The molecule has 1 aromatic heterocycles. The van der Waals surface area contributed by atoms with Crippen LogP contribution in [-0.2, 0) is 17.7 Å². The van der Waals surface area contributed by atoms with Crippen molar-refractivity contribution in [3.63, 3.8) is 0 Å². The standard InChI is InChI=1S/C15H29N5OS/c1-5-13-11-18-14(22-13)12-19-15(16-6-2)17-7-8-20(3)9-10-21-4/h11H,5-10,12H2,1-4H3,(H2,16,17,19). The fourth-order valence-corrected chi connectivity index (χ4v) is 2.58. The first-order valence-corrected chi connectivity index (χ1v) is 8.64. The summed E-state index contributed by atoms with van der Waals surface area (Å²) in [4.78, 5) is 12.5. The first-order valence-electron chi connectivity index (χ1n) is 7.82. The minimum atomic E-state index is 0.625. The molecule has 7 heteroatoms. The van der Waals surface area contributed by atoms with Gasteiger partial charge in [-0.3, -0.25) is 0 Å². The smallest absolute Gasteiger partial charge is 0.191 e. The second-order valence-electron chi connectivity index (χ2n) is 4.99. The Hall–Kier alpha value is -1.18. The lowest BCUT2D eigenvalue weighted by molar-refractivity contribution is 0.162. The summed E-state index contributed by atoms with van der Waals surface area (Å²) in [5.41, 5.74) is 0. The van der Waals surface area contributed by atoms with E-state index in [0.29, 0.717) is 6.54 Å². The molecule has 2 N–H and O–H groups in total. The number of hydrogen-bond donors (Lipinski definition) is 2. The zero-order valence-electron chi connectivity index (χ0n) is 14.2. The van der Waals surface area contributed by atoms with Gasteiger partial charge >= 0.3 is 0 Å². The Kier molecular flexibility index (Phi) is 9.77. The van der Waals surface area contributed by atoms with Crippen LogP contribution in [0.15, 0.2) is 11.2 Å². The predicted octanol–water partition coefficient (Wildman–Crippen LogP) is 1.34. The van der Waals surface area contributed by atoms with Crippen LogP contribution in [0, 0.1) is 0 Å². The molecule has 0 aliphatic carbocycles. The third kappa shape index (κ3) is 7.72. The fourth-order valence-electron chi connectivity index (χ4n) is 1.80. The number of nitrogens with zero attached hydrogens (tertiary/aromatic N) is 3. The van der Waals surface area contributed by atoms with Crippen LogP contribution in [-0.4, -0.2) is 62.8 Å².